The number of unbranched alkanes of at least 4 members (excludes halogenated alkanes) is 1. The van der Waals surface area contributed by atoms with E-state index in [1.807, 2.05) is 31.2 Å². The largest absolute Gasteiger partial charge is 0.464 e. The lowest BCUT2D eigenvalue weighted by atomic mass is 9.55. The topological polar surface area (TPSA) is 63.7 Å². The molecule has 2 atom stereocenters. The Morgan fingerprint density at radius 1 is 0.862 bits per heavy atom. The zero-order valence-electron chi connectivity index (χ0n) is 16.3. The minimum Gasteiger partial charge on any atom is -0.464 e. The van der Waals surface area contributed by atoms with Crippen molar-refractivity contribution in [3.63, 3.8) is 0 Å². The maximum atomic E-state index is 13.3. The van der Waals surface area contributed by atoms with Crippen molar-refractivity contribution in [3.8, 4) is 0 Å². The fourth-order valence-corrected chi connectivity index (χ4v) is 5.40. The summed E-state index contributed by atoms with van der Waals surface area (Å²) in [6.45, 7) is 2.04. The summed E-state index contributed by atoms with van der Waals surface area (Å²) in [6, 6.07) is 16.2. The predicted molar refractivity (Wildman–Crippen MR) is 106 cm³/mol. The van der Waals surface area contributed by atoms with Gasteiger partial charge in [-0.1, -0.05) is 61.9 Å². The van der Waals surface area contributed by atoms with Gasteiger partial charge >= 0.3 is 5.97 Å². The molecule has 5 heteroatoms. The van der Waals surface area contributed by atoms with Gasteiger partial charge in [-0.15, -0.1) is 0 Å². The molecule has 0 aromatic heterocycles. The average molecular weight is 389 g/mol. The third kappa shape index (κ3) is 2.56. The van der Waals surface area contributed by atoms with Gasteiger partial charge < -0.3 is 4.74 Å². The molecule has 2 aromatic rings. The number of hydrogen-bond donors (Lipinski definition) is 0. The second kappa shape index (κ2) is 6.83. The first-order valence-corrected chi connectivity index (χ1v) is 10.3. The maximum absolute atomic E-state index is 13.3. The molecule has 0 N–H and O–H groups in total. The number of benzene rings is 2. The summed E-state index contributed by atoms with van der Waals surface area (Å²) in [5.74, 6) is -2.18. The number of rotatable bonds is 5. The Bertz CT molecular complexity index is 898. The van der Waals surface area contributed by atoms with Gasteiger partial charge in [-0.3, -0.25) is 19.3 Å². The molecule has 1 heterocycles. The highest BCUT2D eigenvalue weighted by molar-refractivity contribution is 6.09. The average Bonchev–Trinajstić information content (AvgIpc) is 2.99. The molecule has 2 amide bonds. The maximum Gasteiger partial charge on any atom is 0.326 e. The molecule has 29 heavy (non-hydrogen) atoms. The van der Waals surface area contributed by atoms with Crippen LogP contribution >= 0.6 is 0 Å². The highest BCUT2D eigenvalue weighted by atomic mass is 16.5. The summed E-state index contributed by atoms with van der Waals surface area (Å²) in [5.41, 5.74) is 4.52. The third-order valence-corrected chi connectivity index (χ3v) is 6.59. The van der Waals surface area contributed by atoms with E-state index in [0.29, 0.717) is 6.61 Å². The van der Waals surface area contributed by atoms with E-state index in [1.54, 1.807) is 0 Å². The van der Waals surface area contributed by atoms with Crippen LogP contribution in [0.15, 0.2) is 48.5 Å². The molecule has 5 nitrogen and oxygen atoms in total. The minimum atomic E-state index is -0.513. The van der Waals surface area contributed by atoms with E-state index < -0.39 is 17.8 Å². The first-order valence-electron chi connectivity index (χ1n) is 10.3. The van der Waals surface area contributed by atoms with E-state index in [9.17, 15) is 14.4 Å². The molecule has 0 saturated carbocycles. The number of esters is 1. The van der Waals surface area contributed by atoms with Crippen LogP contribution in [0.25, 0.3) is 0 Å². The predicted octanol–water partition coefficient (Wildman–Crippen LogP) is 3.22. The van der Waals surface area contributed by atoms with Gasteiger partial charge in [0, 0.05) is 11.8 Å². The fraction of sp³-hybridized carbons (Fsp3) is 0.375. The first kappa shape index (κ1) is 18.1. The summed E-state index contributed by atoms with van der Waals surface area (Å²) in [6.07, 6.45) is 1.69. The van der Waals surface area contributed by atoms with Gasteiger partial charge in [0.1, 0.15) is 6.54 Å². The number of likely N-dealkylation sites (tertiary alicyclic amines) is 1. The van der Waals surface area contributed by atoms with Crippen molar-refractivity contribution in [2.75, 3.05) is 13.2 Å². The highest BCUT2D eigenvalue weighted by Crippen LogP contribution is 2.60. The van der Waals surface area contributed by atoms with Crippen molar-refractivity contribution in [2.45, 2.75) is 31.6 Å². The lowest BCUT2D eigenvalue weighted by molar-refractivity contribution is -0.153. The number of hydrogen-bond acceptors (Lipinski definition) is 4. The molecule has 3 aliphatic carbocycles. The van der Waals surface area contributed by atoms with Gasteiger partial charge in [0.25, 0.3) is 0 Å². The zero-order chi connectivity index (χ0) is 20.1. The van der Waals surface area contributed by atoms with Crippen LogP contribution in [0.5, 0.6) is 0 Å². The number of carbonyl (C=O) groups is 3. The van der Waals surface area contributed by atoms with Crippen molar-refractivity contribution in [2.24, 2.45) is 11.8 Å². The van der Waals surface area contributed by atoms with Gasteiger partial charge in [-0.2, -0.15) is 0 Å². The fourth-order valence-electron chi connectivity index (χ4n) is 5.40. The summed E-state index contributed by atoms with van der Waals surface area (Å²) < 4.78 is 5.20. The number of imide groups is 1. The highest BCUT2D eigenvalue weighted by Gasteiger charge is 2.61. The van der Waals surface area contributed by atoms with E-state index in [-0.39, 0.29) is 30.2 Å². The number of carbonyl (C=O) groups excluding carboxylic acids is 3. The summed E-state index contributed by atoms with van der Waals surface area (Å²) >= 11 is 0. The van der Waals surface area contributed by atoms with Crippen molar-refractivity contribution in [1.29, 1.82) is 0 Å². The Morgan fingerprint density at radius 2 is 1.31 bits per heavy atom. The van der Waals surface area contributed by atoms with Crippen molar-refractivity contribution in [1.82, 2.24) is 4.90 Å². The smallest absolute Gasteiger partial charge is 0.326 e. The van der Waals surface area contributed by atoms with Crippen LogP contribution < -0.4 is 0 Å². The molecule has 0 spiro atoms. The van der Waals surface area contributed by atoms with Gasteiger partial charge in [0.15, 0.2) is 0 Å². The standard InChI is InChI=1S/C24H23NO4/c1-2-3-12-29-18(26)13-25-23(27)21-19-14-8-4-5-9-15(14)20(22(21)24(25)28)17-11-7-6-10-16(17)19/h4-11,19-22H,2-3,12-13H2,1H3/t19?,20?,21-,22+. The van der Waals surface area contributed by atoms with Gasteiger partial charge in [-0.25, -0.2) is 0 Å². The lowest BCUT2D eigenvalue weighted by Crippen LogP contribution is -2.41. The Hall–Kier alpha value is -2.95. The van der Waals surface area contributed by atoms with Crippen LogP contribution in [-0.2, 0) is 19.1 Å². The first-order chi connectivity index (χ1) is 14.1. The molecule has 1 saturated heterocycles. The quantitative estimate of drug-likeness (QED) is 0.447. The lowest BCUT2D eigenvalue weighted by Gasteiger charge is -2.45. The molecule has 2 bridgehead atoms. The molecule has 4 aliphatic rings. The SMILES string of the molecule is CCCCOC(=O)CN1C(=O)[C@@H]2C3c4ccccc4C(c4ccccc43)[C@@H]2C1=O. The second-order valence-electron chi connectivity index (χ2n) is 8.10. The van der Waals surface area contributed by atoms with Crippen LogP contribution in [0.2, 0.25) is 0 Å². The zero-order valence-corrected chi connectivity index (χ0v) is 16.3. The van der Waals surface area contributed by atoms with E-state index >= 15 is 0 Å². The number of nitrogens with zero attached hydrogens (tertiary/aromatic N) is 1. The molecule has 0 unspecified atom stereocenters. The van der Waals surface area contributed by atoms with E-state index in [0.717, 1.165) is 40.0 Å². The Kier molecular flexibility index (Phi) is 4.26. The minimum absolute atomic E-state index is 0.144. The summed E-state index contributed by atoms with van der Waals surface area (Å²) in [4.78, 5) is 40.0. The molecule has 148 valence electrons. The van der Waals surface area contributed by atoms with Gasteiger partial charge in [0.05, 0.1) is 18.4 Å². The summed E-state index contributed by atoms with van der Waals surface area (Å²) in [7, 11) is 0. The Morgan fingerprint density at radius 3 is 1.72 bits per heavy atom. The van der Waals surface area contributed by atoms with Crippen molar-refractivity contribution < 1.29 is 19.1 Å². The molecule has 6 rings (SSSR count). The monoisotopic (exact) mass is 389 g/mol. The third-order valence-electron chi connectivity index (χ3n) is 6.59. The molecular weight excluding hydrogens is 366 g/mol. The van der Waals surface area contributed by atoms with Crippen LogP contribution in [0.3, 0.4) is 0 Å². The van der Waals surface area contributed by atoms with Crippen LogP contribution in [0.1, 0.15) is 53.9 Å². The van der Waals surface area contributed by atoms with Crippen LogP contribution in [0, 0.1) is 11.8 Å². The van der Waals surface area contributed by atoms with Crippen molar-refractivity contribution >= 4 is 17.8 Å². The van der Waals surface area contributed by atoms with Crippen LogP contribution in [-0.4, -0.2) is 35.8 Å². The van der Waals surface area contributed by atoms with Gasteiger partial charge in [-0.05, 0) is 28.7 Å². The van der Waals surface area contributed by atoms with E-state index in [4.69, 9.17) is 4.74 Å². The second-order valence-corrected chi connectivity index (χ2v) is 8.10. The molecular formula is C24H23NO4. The van der Waals surface area contributed by atoms with E-state index in [1.165, 1.54) is 0 Å². The Labute approximate surface area is 169 Å². The van der Waals surface area contributed by atoms with Gasteiger partial charge in [0.2, 0.25) is 11.8 Å². The molecule has 1 aliphatic heterocycles. The molecule has 2 aromatic carbocycles. The number of amides is 2. The Balaban J connectivity index is 1.52. The van der Waals surface area contributed by atoms with E-state index in [2.05, 4.69) is 24.3 Å². The summed E-state index contributed by atoms with van der Waals surface area (Å²) in [5, 5.41) is 0. The normalized spacial score (nSPS) is 26.2. The van der Waals surface area contributed by atoms with Crippen molar-refractivity contribution in [3.05, 3.63) is 70.8 Å². The number of ether oxygens (including phenoxy) is 1. The molecule has 0 radical (unpaired) electrons. The van der Waals surface area contributed by atoms with Crippen LogP contribution in [0.4, 0.5) is 0 Å². The molecule has 1 fully saturated rings.